The molecule has 1 aliphatic heterocycles. The molecule has 1 aromatic rings. The Labute approximate surface area is 90.0 Å². The predicted octanol–water partition coefficient (Wildman–Crippen LogP) is 1.28. The van der Waals surface area contributed by atoms with Crippen LogP contribution < -0.4 is 10.6 Å². The molecule has 4 heteroatoms. The Kier molecular flexibility index (Phi) is 3.06. The Bertz CT molecular complexity index is 323. The van der Waals surface area contributed by atoms with Gasteiger partial charge in [-0.3, -0.25) is 0 Å². The zero-order chi connectivity index (χ0) is 10.7. The molecular weight excluding hydrogens is 190 g/mol. The highest BCUT2D eigenvalue weighted by Crippen LogP contribution is 2.16. The number of hydrogen-bond acceptors (Lipinski definition) is 4. The fourth-order valence-electron chi connectivity index (χ4n) is 1.84. The Morgan fingerprint density at radius 2 is 2.47 bits per heavy atom. The van der Waals surface area contributed by atoms with E-state index in [0.29, 0.717) is 11.9 Å². The first-order valence-electron chi connectivity index (χ1n) is 5.31. The molecule has 2 heterocycles. The topological polar surface area (TPSA) is 51.4 Å². The van der Waals surface area contributed by atoms with Gasteiger partial charge in [0.05, 0.1) is 6.10 Å². The molecule has 0 spiro atoms. The lowest BCUT2D eigenvalue weighted by molar-refractivity contribution is 0.116. The number of nitrogens with two attached hydrogens (primary N) is 1. The molecule has 0 aromatic carbocycles. The van der Waals surface area contributed by atoms with Crippen molar-refractivity contribution in [3.05, 3.63) is 18.2 Å². The summed E-state index contributed by atoms with van der Waals surface area (Å²) in [5, 5.41) is 0. The summed E-state index contributed by atoms with van der Waals surface area (Å²) in [6, 6.07) is 5.68. The van der Waals surface area contributed by atoms with Crippen LogP contribution in [-0.2, 0) is 4.74 Å². The number of nitrogen functional groups attached to an aromatic ring is 1. The summed E-state index contributed by atoms with van der Waals surface area (Å²) in [4.78, 5) is 6.35. The summed E-state index contributed by atoms with van der Waals surface area (Å²) in [5.74, 6) is 1.47. The van der Waals surface area contributed by atoms with Gasteiger partial charge < -0.3 is 15.4 Å². The molecule has 1 atom stereocenters. The van der Waals surface area contributed by atoms with Gasteiger partial charge in [-0.05, 0) is 25.0 Å². The minimum Gasteiger partial charge on any atom is -0.384 e. The van der Waals surface area contributed by atoms with Gasteiger partial charge in [-0.25, -0.2) is 4.98 Å². The van der Waals surface area contributed by atoms with Gasteiger partial charge in [-0.15, -0.1) is 0 Å². The van der Waals surface area contributed by atoms with E-state index in [4.69, 9.17) is 10.5 Å². The van der Waals surface area contributed by atoms with Crippen molar-refractivity contribution in [1.82, 2.24) is 4.98 Å². The van der Waals surface area contributed by atoms with Crippen LogP contribution in [-0.4, -0.2) is 31.3 Å². The highest BCUT2D eigenvalue weighted by molar-refractivity contribution is 5.44. The summed E-state index contributed by atoms with van der Waals surface area (Å²) in [6.45, 7) is 1.78. The lowest BCUT2D eigenvalue weighted by Gasteiger charge is -2.21. The van der Waals surface area contributed by atoms with E-state index in [2.05, 4.69) is 9.88 Å². The first-order valence-corrected chi connectivity index (χ1v) is 5.31. The summed E-state index contributed by atoms with van der Waals surface area (Å²) >= 11 is 0. The normalized spacial score (nSPS) is 20.5. The first kappa shape index (κ1) is 10.2. The van der Waals surface area contributed by atoms with Crippen LogP contribution in [0.5, 0.6) is 0 Å². The van der Waals surface area contributed by atoms with E-state index >= 15 is 0 Å². The average Bonchev–Trinajstić information content (AvgIpc) is 2.70. The molecule has 1 aromatic heterocycles. The van der Waals surface area contributed by atoms with Crippen LogP contribution in [0.1, 0.15) is 12.8 Å². The molecule has 1 saturated heterocycles. The van der Waals surface area contributed by atoms with Crippen LogP contribution >= 0.6 is 0 Å². The number of rotatable bonds is 3. The maximum Gasteiger partial charge on any atom is 0.130 e. The lowest BCUT2D eigenvalue weighted by atomic mass is 10.2. The highest BCUT2D eigenvalue weighted by atomic mass is 16.5. The lowest BCUT2D eigenvalue weighted by Crippen LogP contribution is -2.29. The molecular formula is C11H17N3O. The Morgan fingerprint density at radius 3 is 3.13 bits per heavy atom. The third kappa shape index (κ3) is 2.59. The molecule has 1 unspecified atom stereocenters. The second-order valence-electron chi connectivity index (χ2n) is 3.94. The summed E-state index contributed by atoms with van der Waals surface area (Å²) in [7, 11) is 2.02. The fourth-order valence-corrected chi connectivity index (χ4v) is 1.84. The Morgan fingerprint density at radius 1 is 1.60 bits per heavy atom. The third-order valence-corrected chi connectivity index (χ3v) is 2.65. The Hall–Kier alpha value is -1.29. The Balaban J connectivity index is 1.97. The van der Waals surface area contributed by atoms with E-state index in [9.17, 15) is 0 Å². The molecule has 0 saturated carbocycles. The SMILES string of the molecule is CN(CC1CCCO1)c1cccc(N)n1. The number of pyridine rings is 1. The molecule has 4 nitrogen and oxygen atoms in total. The molecule has 82 valence electrons. The van der Waals surface area contributed by atoms with E-state index in [1.165, 1.54) is 6.42 Å². The summed E-state index contributed by atoms with van der Waals surface area (Å²) in [5.41, 5.74) is 5.64. The number of ether oxygens (including phenoxy) is 1. The van der Waals surface area contributed by atoms with Gasteiger partial charge >= 0.3 is 0 Å². The summed E-state index contributed by atoms with van der Waals surface area (Å²) in [6.07, 6.45) is 2.66. The monoisotopic (exact) mass is 207 g/mol. The number of aromatic nitrogens is 1. The van der Waals surface area contributed by atoms with E-state index in [1.807, 2.05) is 19.2 Å². The maximum atomic E-state index is 5.64. The number of hydrogen-bond donors (Lipinski definition) is 1. The van der Waals surface area contributed by atoms with Crippen molar-refractivity contribution in [2.24, 2.45) is 0 Å². The number of anilines is 2. The molecule has 0 amide bonds. The van der Waals surface area contributed by atoms with Crippen LogP contribution in [0.4, 0.5) is 11.6 Å². The van der Waals surface area contributed by atoms with Crippen LogP contribution in [0.2, 0.25) is 0 Å². The largest absolute Gasteiger partial charge is 0.384 e. The second-order valence-corrected chi connectivity index (χ2v) is 3.94. The number of nitrogens with zero attached hydrogens (tertiary/aromatic N) is 2. The second kappa shape index (κ2) is 4.49. The fraction of sp³-hybridized carbons (Fsp3) is 0.545. The van der Waals surface area contributed by atoms with Crippen LogP contribution in [0.25, 0.3) is 0 Å². The van der Waals surface area contributed by atoms with E-state index in [-0.39, 0.29) is 0 Å². The third-order valence-electron chi connectivity index (χ3n) is 2.65. The van der Waals surface area contributed by atoms with E-state index in [1.54, 1.807) is 6.07 Å². The van der Waals surface area contributed by atoms with Crippen LogP contribution in [0, 0.1) is 0 Å². The molecule has 2 rings (SSSR count). The molecule has 1 aliphatic rings. The predicted molar refractivity (Wildman–Crippen MR) is 60.9 cm³/mol. The number of likely N-dealkylation sites (N-methyl/N-ethyl adjacent to an activating group) is 1. The zero-order valence-corrected chi connectivity index (χ0v) is 9.02. The smallest absolute Gasteiger partial charge is 0.130 e. The van der Waals surface area contributed by atoms with E-state index < -0.39 is 0 Å². The van der Waals surface area contributed by atoms with Crippen molar-refractivity contribution >= 4 is 11.6 Å². The van der Waals surface area contributed by atoms with Gasteiger partial charge in [-0.1, -0.05) is 6.07 Å². The molecule has 1 fully saturated rings. The molecule has 2 N–H and O–H groups in total. The van der Waals surface area contributed by atoms with Crippen molar-refractivity contribution in [1.29, 1.82) is 0 Å². The highest BCUT2D eigenvalue weighted by Gasteiger charge is 2.17. The maximum absolute atomic E-state index is 5.64. The van der Waals surface area contributed by atoms with Gasteiger partial charge in [0.1, 0.15) is 11.6 Å². The zero-order valence-electron chi connectivity index (χ0n) is 9.02. The van der Waals surface area contributed by atoms with Crippen molar-refractivity contribution in [3.63, 3.8) is 0 Å². The van der Waals surface area contributed by atoms with E-state index in [0.717, 1.165) is 25.4 Å². The van der Waals surface area contributed by atoms with Crippen molar-refractivity contribution in [2.45, 2.75) is 18.9 Å². The summed E-state index contributed by atoms with van der Waals surface area (Å²) < 4.78 is 5.57. The van der Waals surface area contributed by atoms with Gasteiger partial charge in [0.2, 0.25) is 0 Å². The van der Waals surface area contributed by atoms with Crippen molar-refractivity contribution < 1.29 is 4.74 Å². The minimum atomic E-state index is 0.346. The van der Waals surface area contributed by atoms with Gasteiger partial charge in [0.25, 0.3) is 0 Å². The molecule has 0 radical (unpaired) electrons. The molecule has 15 heavy (non-hydrogen) atoms. The quantitative estimate of drug-likeness (QED) is 0.811. The van der Waals surface area contributed by atoms with Gasteiger partial charge in [-0.2, -0.15) is 0 Å². The molecule has 0 bridgehead atoms. The van der Waals surface area contributed by atoms with Crippen LogP contribution in [0.15, 0.2) is 18.2 Å². The molecule has 0 aliphatic carbocycles. The standard InChI is InChI=1S/C11H17N3O/c1-14(8-9-4-3-7-15-9)11-6-2-5-10(12)13-11/h2,5-6,9H,3-4,7-8H2,1H3,(H2,12,13). The van der Waals surface area contributed by atoms with Crippen LogP contribution in [0.3, 0.4) is 0 Å². The first-order chi connectivity index (χ1) is 7.25. The minimum absolute atomic E-state index is 0.346. The van der Waals surface area contributed by atoms with Gasteiger partial charge in [0.15, 0.2) is 0 Å². The van der Waals surface area contributed by atoms with Crippen molar-refractivity contribution in [2.75, 3.05) is 30.8 Å². The van der Waals surface area contributed by atoms with Crippen molar-refractivity contribution in [3.8, 4) is 0 Å². The van der Waals surface area contributed by atoms with Gasteiger partial charge in [0, 0.05) is 20.2 Å². The average molecular weight is 207 g/mol.